The van der Waals surface area contributed by atoms with Crippen LogP contribution in [0, 0.1) is 0 Å². The van der Waals surface area contributed by atoms with Gasteiger partial charge in [-0.05, 0) is 0 Å². The van der Waals surface area contributed by atoms with Crippen molar-refractivity contribution < 1.29 is 23.9 Å². The molecule has 2 amide bonds. The first-order valence-electron chi connectivity index (χ1n) is 5.93. The Bertz CT molecular complexity index is 592. The molecule has 0 bridgehead atoms. The van der Waals surface area contributed by atoms with Gasteiger partial charge in [-0.15, -0.1) is 11.3 Å². The second-order valence-corrected chi connectivity index (χ2v) is 5.51. The Morgan fingerprint density at radius 2 is 2.30 bits per heavy atom. The molecule has 0 radical (unpaired) electrons. The molecule has 0 spiro atoms. The lowest BCUT2D eigenvalue weighted by Crippen LogP contribution is -2.61. The number of hydroxylamine groups is 2. The van der Waals surface area contributed by atoms with Crippen molar-refractivity contribution in [3.63, 3.8) is 0 Å². The zero-order valence-corrected chi connectivity index (χ0v) is 11.2. The maximum atomic E-state index is 15.0. The highest BCUT2D eigenvalue weighted by Gasteiger charge is 2.55. The van der Waals surface area contributed by atoms with Crippen molar-refractivity contribution in [2.45, 2.75) is 25.2 Å². The zero-order valence-electron chi connectivity index (χ0n) is 10.3. The fourth-order valence-electron chi connectivity index (χ4n) is 2.31. The van der Waals surface area contributed by atoms with E-state index in [-0.39, 0.29) is 19.4 Å². The van der Waals surface area contributed by atoms with Crippen molar-refractivity contribution in [1.29, 1.82) is 0 Å². The molecule has 3 heterocycles. The number of imide groups is 1. The molecule has 2 aliphatic rings. The SMILES string of the molecule is Nc1scc2c1CN(C1(F)CCC(=O)N(CO)C1=O)O2. The van der Waals surface area contributed by atoms with Gasteiger partial charge in [0.2, 0.25) is 5.91 Å². The van der Waals surface area contributed by atoms with Gasteiger partial charge in [0.1, 0.15) is 6.73 Å². The number of nitrogens with two attached hydrogens (primary N) is 1. The van der Waals surface area contributed by atoms with E-state index in [1.54, 1.807) is 5.38 Å². The number of alkyl halides is 1. The number of thiophene rings is 1. The lowest BCUT2D eigenvalue weighted by atomic mass is 10.0. The van der Waals surface area contributed by atoms with Crippen molar-refractivity contribution in [2.75, 3.05) is 12.5 Å². The van der Waals surface area contributed by atoms with Gasteiger partial charge in [0, 0.05) is 23.8 Å². The van der Waals surface area contributed by atoms with E-state index in [0.29, 0.717) is 21.2 Å². The molecule has 9 heteroatoms. The molecular formula is C11H12FN3O4S. The second kappa shape index (κ2) is 4.40. The lowest BCUT2D eigenvalue weighted by Gasteiger charge is -2.37. The van der Waals surface area contributed by atoms with Crippen molar-refractivity contribution in [3.05, 3.63) is 10.9 Å². The van der Waals surface area contributed by atoms with Crippen molar-refractivity contribution >= 4 is 28.2 Å². The Kier molecular flexibility index (Phi) is 2.92. The van der Waals surface area contributed by atoms with Crippen LogP contribution in [0.3, 0.4) is 0 Å². The van der Waals surface area contributed by atoms with Crippen LogP contribution in [-0.4, -0.2) is 39.4 Å². The van der Waals surface area contributed by atoms with Crippen LogP contribution in [0.25, 0.3) is 0 Å². The van der Waals surface area contributed by atoms with Gasteiger partial charge in [0.05, 0.1) is 11.5 Å². The summed E-state index contributed by atoms with van der Waals surface area (Å²) in [5, 5.41) is 12.1. The molecule has 0 aliphatic carbocycles. The van der Waals surface area contributed by atoms with Crippen LogP contribution in [0.2, 0.25) is 0 Å². The number of likely N-dealkylation sites (tertiary alicyclic amines) is 1. The van der Waals surface area contributed by atoms with Gasteiger partial charge in [-0.25, -0.2) is 4.39 Å². The summed E-state index contributed by atoms with van der Waals surface area (Å²) in [5.74, 6) is -3.76. The van der Waals surface area contributed by atoms with E-state index in [1.807, 2.05) is 0 Å². The average molecular weight is 301 g/mol. The van der Waals surface area contributed by atoms with Gasteiger partial charge in [0.15, 0.2) is 5.75 Å². The van der Waals surface area contributed by atoms with E-state index in [0.717, 1.165) is 5.06 Å². The molecule has 20 heavy (non-hydrogen) atoms. The maximum absolute atomic E-state index is 15.0. The van der Waals surface area contributed by atoms with Gasteiger partial charge >= 0.3 is 0 Å². The molecular weight excluding hydrogens is 289 g/mol. The third-order valence-electron chi connectivity index (χ3n) is 3.48. The first-order chi connectivity index (χ1) is 9.47. The summed E-state index contributed by atoms with van der Waals surface area (Å²) in [4.78, 5) is 29.3. The maximum Gasteiger partial charge on any atom is 0.287 e. The number of rotatable bonds is 2. The Morgan fingerprint density at radius 3 is 2.95 bits per heavy atom. The van der Waals surface area contributed by atoms with Gasteiger partial charge in [-0.3, -0.25) is 14.5 Å². The van der Waals surface area contributed by atoms with Crippen LogP contribution >= 0.6 is 11.3 Å². The van der Waals surface area contributed by atoms with E-state index < -0.39 is 24.3 Å². The van der Waals surface area contributed by atoms with E-state index in [1.165, 1.54) is 11.3 Å². The summed E-state index contributed by atoms with van der Waals surface area (Å²) in [5.41, 5.74) is 6.37. The summed E-state index contributed by atoms with van der Waals surface area (Å²) in [7, 11) is 0. The molecule has 1 atom stereocenters. The van der Waals surface area contributed by atoms with E-state index in [9.17, 15) is 14.0 Å². The molecule has 1 aromatic rings. The van der Waals surface area contributed by atoms with Crippen molar-refractivity contribution in [3.8, 4) is 5.75 Å². The van der Waals surface area contributed by atoms with Gasteiger partial charge in [-0.1, -0.05) is 5.06 Å². The molecule has 7 nitrogen and oxygen atoms in total. The Labute approximate surface area is 117 Å². The molecule has 1 fully saturated rings. The Morgan fingerprint density at radius 1 is 1.55 bits per heavy atom. The number of nitrogen functional groups attached to an aromatic ring is 1. The fraction of sp³-hybridized carbons (Fsp3) is 0.455. The number of anilines is 1. The fourth-order valence-corrected chi connectivity index (χ4v) is 3.04. The van der Waals surface area contributed by atoms with Crippen LogP contribution in [0.4, 0.5) is 9.39 Å². The minimum atomic E-state index is -2.47. The van der Waals surface area contributed by atoms with E-state index in [2.05, 4.69) is 0 Å². The average Bonchev–Trinajstić information content (AvgIpc) is 2.98. The summed E-state index contributed by atoms with van der Waals surface area (Å²) >= 11 is 1.27. The highest BCUT2D eigenvalue weighted by atomic mass is 32.1. The van der Waals surface area contributed by atoms with Crippen molar-refractivity contribution in [2.24, 2.45) is 0 Å². The number of carbonyl (C=O) groups is 2. The quantitative estimate of drug-likeness (QED) is 0.598. The minimum Gasteiger partial charge on any atom is -0.401 e. The second-order valence-electron chi connectivity index (χ2n) is 4.60. The molecule has 1 aromatic heterocycles. The van der Waals surface area contributed by atoms with Crippen LogP contribution in [0.5, 0.6) is 5.75 Å². The van der Waals surface area contributed by atoms with Crippen LogP contribution in [0.1, 0.15) is 18.4 Å². The summed E-state index contributed by atoms with van der Waals surface area (Å²) in [6.45, 7) is -0.819. The molecule has 3 N–H and O–H groups in total. The number of carbonyl (C=O) groups excluding carboxylic acids is 2. The predicted molar refractivity (Wildman–Crippen MR) is 66.9 cm³/mol. The number of fused-ring (bicyclic) bond motifs is 1. The van der Waals surface area contributed by atoms with Crippen LogP contribution in [0.15, 0.2) is 5.38 Å². The van der Waals surface area contributed by atoms with Gasteiger partial charge < -0.3 is 15.7 Å². The summed E-state index contributed by atoms with van der Waals surface area (Å²) < 4.78 is 15.0. The normalized spacial score (nSPS) is 26.8. The molecule has 3 rings (SSSR count). The van der Waals surface area contributed by atoms with Crippen LogP contribution < -0.4 is 10.6 Å². The van der Waals surface area contributed by atoms with E-state index >= 15 is 0 Å². The third-order valence-corrected chi connectivity index (χ3v) is 4.31. The summed E-state index contributed by atoms with van der Waals surface area (Å²) in [6.07, 6.45) is -0.486. The zero-order chi connectivity index (χ0) is 14.5. The number of piperidine rings is 1. The van der Waals surface area contributed by atoms with Gasteiger partial charge in [0.25, 0.3) is 11.7 Å². The summed E-state index contributed by atoms with van der Waals surface area (Å²) in [6, 6.07) is 0. The smallest absolute Gasteiger partial charge is 0.287 e. The van der Waals surface area contributed by atoms with Crippen LogP contribution in [-0.2, 0) is 16.1 Å². The standard InChI is InChI=1S/C11H12FN3O4S/c12-11(2-1-8(17)14(5-16)10(11)18)15-3-6-7(19-15)4-20-9(6)13/h4,16H,1-3,5,13H2. The largest absolute Gasteiger partial charge is 0.401 e. The van der Waals surface area contributed by atoms with Crippen molar-refractivity contribution in [1.82, 2.24) is 9.96 Å². The Balaban J connectivity index is 1.87. The lowest BCUT2D eigenvalue weighted by molar-refractivity contribution is -0.220. The number of aliphatic hydroxyl groups is 1. The monoisotopic (exact) mass is 301 g/mol. The highest BCUT2D eigenvalue weighted by Crippen LogP contribution is 2.43. The predicted octanol–water partition coefficient (Wildman–Crippen LogP) is 0.204. The number of nitrogens with zero attached hydrogens (tertiary/aromatic N) is 2. The topological polar surface area (TPSA) is 96.1 Å². The molecule has 1 unspecified atom stereocenters. The third kappa shape index (κ3) is 1.70. The number of aliphatic hydroxyl groups excluding tert-OH is 1. The highest BCUT2D eigenvalue weighted by molar-refractivity contribution is 7.14. The molecule has 108 valence electrons. The van der Waals surface area contributed by atoms with Gasteiger partial charge in [-0.2, -0.15) is 0 Å². The molecule has 2 aliphatic heterocycles. The number of halogens is 1. The Hall–Kier alpha value is -1.71. The first-order valence-corrected chi connectivity index (χ1v) is 6.81. The minimum absolute atomic E-state index is 0.0281. The number of hydrogen-bond acceptors (Lipinski definition) is 7. The molecule has 0 aromatic carbocycles. The first kappa shape index (κ1) is 13.3. The molecule has 1 saturated heterocycles. The number of amides is 2. The molecule has 0 saturated carbocycles. The van der Waals surface area contributed by atoms with E-state index in [4.69, 9.17) is 15.7 Å². The number of hydrogen-bond donors (Lipinski definition) is 2.